The molecule has 3 rings (SSSR count). The Kier molecular flexibility index (Phi) is 6.67. The first-order valence-electron chi connectivity index (χ1n) is 9.07. The Morgan fingerprint density at radius 3 is 2.25 bits per heavy atom. The largest absolute Gasteiger partial charge is 0.456 e. The highest BCUT2D eigenvalue weighted by Crippen LogP contribution is 2.35. The summed E-state index contributed by atoms with van der Waals surface area (Å²) in [5.41, 5.74) is -0.341. The Morgan fingerprint density at radius 1 is 1.00 bits per heavy atom. The lowest BCUT2D eigenvalue weighted by molar-refractivity contribution is -0.137. The van der Waals surface area contributed by atoms with Crippen molar-refractivity contribution >= 4 is 23.2 Å². The van der Waals surface area contributed by atoms with Crippen molar-refractivity contribution in [2.75, 3.05) is 5.32 Å². The van der Waals surface area contributed by atoms with Crippen LogP contribution in [0.4, 0.5) is 18.9 Å². The topological polar surface area (TPSA) is 85.9 Å². The van der Waals surface area contributed by atoms with Crippen molar-refractivity contribution in [2.24, 2.45) is 0 Å². The van der Waals surface area contributed by atoms with E-state index in [9.17, 15) is 18.0 Å². The van der Waals surface area contributed by atoms with Crippen LogP contribution in [-0.4, -0.2) is 5.91 Å². The lowest BCUT2D eigenvalue weighted by atomic mass is 10.1. The van der Waals surface area contributed by atoms with Crippen LogP contribution in [0.2, 0.25) is 5.02 Å². The SMILES string of the molecule is N#Cc1cc(C#N)cc(Oc2ccc(CC(=O)Nc3ccccc3C(F)(F)F)cc2Cl)c1. The van der Waals surface area contributed by atoms with Gasteiger partial charge in [0.25, 0.3) is 0 Å². The molecule has 0 atom stereocenters. The number of para-hydroxylation sites is 1. The van der Waals surface area contributed by atoms with Crippen molar-refractivity contribution in [3.63, 3.8) is 0 Å². The van der Waals surface area contributed by atoms with Crippen LogP contribution in [0.15, 0.2) is 60.7 Å². The summed E-state index contributed by atoms with van der Waals surface area (Å²) < 4.78 is 44.9. The summed E-state index contributed by atoms with van der Waals surface area (Å²) in [7, 11) is 0. The zero-order chi connectivity index (χ0) is 23.3. The Bertz CT molecular complexity index is 1230. The molecule has 9 heteroatoms. The maximum absolute atomic E-state index is 13.1. The van der Waals surface area contributed by atoms with Gasteiger partial charge in [-0.05, 0) is 48.0 Å². The van der Waals surface area contributed by atoms with E-state index in [4.69, 9.17) is 26.9 Å². The quantitative estimate of drug-likeness (QED) is 0.505. The van der Waals surface area contributed by atoms with Crippen molar-refractivity contribution in [3.05, 3.63) is 87.9 Å². The van der Waals surface area contributed by atoms with Gasteiger partial charge < -0.3 is 10.1 Å². The molecule has 0 aliphatic heterocycles. The van der Waals surface area contributed by atoms with Gasteiger partial charge >= 0.3 is 6.18 Å². The number of nitrogens with one attached hydrogen (secondary N) is 1. The molecule has 0 aliphatic rings. The first kappa shape index (κ1) is 22.7. The summed E-state index contributed by atoms with van der Waals surface area (Å²) in [6.07, 6.45) is -4.81. The van der Waals surface area contributed by atoms with Crippen molar-refractivity contribution in [2.45, 2.75) is 12.6 Å². The van der Waals surface area contributed by atoms with E-state index in [-0.39, 0.29) is 39.8 Å². The van der Waals surface area contributed by atoms with E-state index >= 15 is 0 Å². The molecule has 1 N–H and O–H groups in total. The maximum Gasteiger partial charge on any atom is 0.418 e. The van der Waals surface area contributed by atoms with E-state index < -0.39 is 17.6 Å². The van der Waals surface area contributed by atoms with E-state index in [1.807, 2.05) is 12.1 Å². The van der Waals surface area contributed by atoms with Crippen LogP contribution in [-0.2, 0) is 17.4 Å². The van der Waals surface area contributed by atoms with Gasteiger partial charge in [0.1, 0.15) is 11.5 Å². The van der Waals surface area contributed by atoms with Gasteiger partial charge in [0.2, 0.25) is 5.91 Å². The number of nitriles is 2. The fourth-order valence-corrected chi connectivity index (χ4v) is 3.11. The van der Waals surface area contributed by atoms with Crippen LogP contribution in [0.1, 0.15) is 22.3 Å². The lowest BCUT2D eigenvalue weighted by Gasteiger charge is -2.14. The number of hydrogen-bond acceptors (Lipinski definition) is 4. The third kappa shape index (κ3) is 5.57. The number of ether oxygens (including phenoxy) is 1. The van der Waals surface area contributed by atoms with Crippen LogP contribution < -0.4 is 10.1 Å². The first-order chi connectivity index (χ1) is 15.2. The second-order valence-corrected chi connectivity index (χ2v) is 7.01. The number of carbonyl (C=O) groups excluding carboxylic acids is 1. The number of nitrogens with zero attached hydrogens (tertiary/aromatic N) is 2. The van der Waals surface area contributed by atoms with Crippen LogP contribution in [0, 0.1) is 22.7 Å². The molecule has 0 aromatic heterocycles. The maximum atomic E-state index is 13.1. The van der Waals surface area contributed by atoms with Crippen LogP contribution in [0.5, 0.6) is 11.5 Å². The molecule has 0 saturated heterocycles. The minimum absolute atomic E-state index is 0.145. The van der Waals surface area contributed by atoms with E-state index in [1.165, 1.54) is 54.6 Å². The highest BCUT2D eigenvalue weighted by molar-refractivity contribution is 6.32. The lowest BCUT2D eigenvalue weighted by Crippen LogP contribution is -2.18. The Labute approximate surface area is 186 Å². The fourth-order valence-electron chi connectivity index (χ4n) is 2.87. The first-order valence-corrected chi connectivity index (χ1v) is 9.45. The third-order valence-corrected chi connectivity index (χ3v) is 4.56. The second kappa shape index (κ2) is 9.42. The molecule has 0 saturated carbocycles. The predicted molar refractivity (Wildman–Crippen MR) is 111 cm³/mol. The molecule has 0 radical (unpaired) electrons. The summed E-state index contributed by atoms with van der Waals surface area (Å²) in [5, 5.41) is 20.5. The van der Waals surface area contributed by atoms with Gasteiger partial charge in [-0.1, -0.05) is 29.8 Å². The molecule has 1 amide bonds. The molecule has 3 aromatic rings. The van der Waals surface area contributed by atoms with Gasteiger partial charge in [-0.2, -0.15) is 23.7 Å². The number of halogens is 4. The number of hydrogen-bond donors (Lipinski definition) is 1. The molecule has 5 nitrogen and oxygen atoms in total. The van der Waals surface area contributed by atoms with Crippen LogP contribution >= 0.6 is 11.6 Å². The summed E-state index contributed by atoms with van der Waals surface area (Å²) in [6.45, 7) is 0. The van der Waals surface area contributed by atoms with Crippen molar-refractivity contribution < 1.29 is 22.7 Å². The smallest absolute Gasteiger partial charge is 0.418 e. The summed E-state index contributed by atoms with van der Waals surface area (Å²) in [6, 6.07) is 17.3. The Hall–Kier alpha value is -4.01. The number of carbonyl (C=O) groups is 1. The normalized spacial score (nSPS) is 10.7. The summed E-state index contributed by atoms with van der Waals surface area (Å²) in [5.74, 6) is -0.194. The zero-order valence-electron chi connectivity index (χ0n) is 16.2. The van der Waals surface area contributed by atoms with Crippen LogP contribution in [0.3, 0.4) is 0 Å². The van der Waals surface area contributed by atoms with E-state index in [1.54, 1.807) is 0 Å². The van der Waals surface area contributed by atoms with Gasteiger partial charge in [0, 0.05) is 0 Å². The molecule has 0 unspecified atom stereocenters. The number of rotatable bonds is 5. The van der Waals surface area contributed by atoms with Gasteiger partial charge in [0.05, 0.1) is 46.0 Å². The second-order valence-electron chi connectivity index (χ2n) is 6.60. The number of alkyl halides is 3. The molecule has 0 aliphatic carbocycles. The molecule has 3 aromatic carbocycles. The summed E-state index contributed by atoms with van der Waals surface area (Å²) >= 11 is 6.22. The molecular formula is C23H13ClF3N3O2. The molecule has 0 fully saturated rings. The highest BCUT2D eigenvalue weighted by Gasteiger charge is 2.33. The molecule has 32 heavy (non-hydrogen) atoms. The third-order valence-electron chi connectivity index (χ3n) is 4.26. The average molecular weight is 456 g/mol. The Morgan fingerprint density at radius 2 is 1.66 bits per heavy atom. The predicted octanol–water partition coefficient (Wildman–Crippen LogP) is 6.08. The molecule has 160 valence electrons. The van der Waals surface area contributed by atoms with Crippen molar-refractivity contribution in [3.8, 4) is 23.6 Å². The minimum atomic E-state index is -4.60. The number of benzene rings is 3. The van der Waals surface area contributed by atoms with E-state index in [2.05, 4.69) is 5.32 Å². The fraction of sp³-hybridized carbons (Fsp3) is 0.0870. The average Bonchev–Trinajstić information content (AvgIpc) is 2.75. The molecule has 0 heterocycles. The summed E-state index contributed by atoms with van der Waals surface area (Å²) in [4.78, 5) is 12.3. The zero-order valence-corrected chi connectivity index (χ0v) is 17.0. The number of anilines is 1. The van der Waals surface area contributed by atoms with Crippen molar-refractivity contribution in [1.82, 2.24) is 0 Å². The van der Waals surface area contributed by atoms with Crippen LogP contribution in [0.25, 0.3) is 0 Å². The van der Waals surface area contributed by atoms with Gasteiger partial charge in [-0.25, -0.2) is 0 Å². The molecule has 0 spiro atoms. The van der Waals surface area contributed by atoms with Gasteiger partial charge in [-0.15, -0.1) is 0 Å². The highest BCUT2D eigenvalue weighted by atomic mass is 35.5. The molecular weight excluding hydrogens is 443 g/mol. The van der Waals surface area contributed by atoms with Gasteiger partial charge in [-0.3, -0.25) is 4.79 Å². The van der Waals surface area contributed by atoms with E-state index in [0.29, 0.717) is 5.56 Å². The standard InChI is InChI=1S/C23H13ClF3N3O2/c24-19-10-14(11-22(31)30-20-4-2-1-3-18(20)23(25,26)27)5-6-21(19)32-17-8-15(12-28)7-16(9-17)13-29/h1-10H,11H2,(H,30,31). The van der Waals surface area contributed by atoms with Crippen molar-refractivity contribution in [1.29, 1.82) is 10.5 Å². The molecule has 0 bridgehead atoms. The minimum Gasteiger partial charge on any atom is -0.456 e. The monoisotopic (exact) mass is 455 g/mol. The Balaban J connectivity index is 1.74. The van der Waals surface area contributed by atoms with Gasteiger partial charge in [0.15, 0.2) is 0 Å². The van der Waals surface area contributed by atoms with E-state index in [0.717, 1.165) is 6.07 Å². The number of amides is 1.